The Bertz CT molecular complexity index is 413. The molecule has 0 heterocycles. The number of benzene rings is 1. The fraction of sp³-hybridized carbons (Fsp3) is 0.250. The van der Waals surface area contributed by atoms with E-state index in [2.05, 4.69) is 11.2 Å². The fourth-order valence-corrected chi connectivity index (χ4v) is 0.950. The summed E-state index contributed by atoms with van der Waals surface area (Å²) in [6.07, 6.45) is 0. The van der Waals surface area contributed by atoms with Crippen LogP contribution in [0, 0.1) is 13.8 Å². The van der Waals surface area contributed by atoms with E-state index in [4.69, 9.17) is 5.53 Å². The molecule has 0 unspecified atom stereocenters. The number of nitrogens with two attached hydrogens (primary N) is 1. The Kier molecular flexibility index (Phi) is 3.67. The fourth-order valence-electron chi connectivity index (χ4n) is 0.950. The predicted octanol–water partition coefficient (Wildman–Crippen LogP) is 4.53. The van der Waals surface area contributed by atoms with Gasteiger partial charge in [0.15, 0.2) is 0 Å². The van der Waals surface area contributed by atoms with Crippen LogP contribution in [-0.4, -0.2) is 0 Å². The Morgan fingerprint density at radius 2 is 1.41 bits per heavy atom. The van der Waals surface area contributed by atoms with Gasteiger partial charge < -0.3 is 0 Å². The van der Waals surface area contributed by atoms with Crippen LogP contribution in [0.25, 0.3) is 0 Å². The molecular formula is C8H11F6N2P. The van der Waals surface area contributed by atoms with Crippen LogP contribution in [0.3, 0.4) is 0 Å². The second-order valence-electron chi connectivity index (χ2n) is 3.38. The zero-order chi connectivity index (χ0) is 14.0. The van der Waals surface area contributed by atoms with Gasteiger partial charge in [-0.05, 0) is 30.6 Å². The first-order chi connectivity index (χ1) is 7.19. The number of nitrogens with zero attached hydrogens (tertiary/aromatic N) is 1. The zero-order valence-electron chi connectivity index (χ0n) is 8.97. The number of hydrogen-bond acceptors (Lipinski definition) is 1. The monoisotopic (exact) mass is 280 g/mol. The molecule has 1 aromatic rings. The van der Waals surface area contributed by atoms with Gasteiger partial charge in [-0.1, -0.05) is 17.7 Å². The molecular weight excluding hydrogens is 269 g/mol. The summed E-state index contributed by atoms with van der Waals surface area (Å²) in [7, 11) is -10.7. The number of rotatable bonds is 1. The van der Waals surface area contributed by atoms with Crippen LogP contribution in [0.15, 0.2) is 23.3 Å². The first kappa shape index (κ1) is 15.8. The standard InChI is InChI=1S/C8H10N2.F6P/c1-6-3-4-8(10-9)7(2)5-6;1-7(2,3,4,5)6/h3-5,9H,1-2H3;/q;-1/p+1. The minimum absolute atomic E-state index is 0.866. The third-order valence-electron chi connectivity index (χ3n) is 1.49. The summed E-state index contributed by atoms with van der Waals surface area (Å²) < 4.78 is 59.2. The molecule has 0 saturated carbocycles. The molecule has 0 aromatic heterocycles. The maximum atomic E-state index is 9.87. The quantitative estimate of drug-likeness (QED) is 0.446. The summed E-state index contributed by atoms with van der Waals surface area (Å²) in [5, 5.41) is 3.61. The maximum absolute atomic E-state index is 10.7. The van der Waals surface area contributed by atoms with Crippen molar-refractivity contribution in [3.63, 3.8) is 0 Å². The number of halogens is 6. The molecule has 0 aliphatic heterocycles. The van der Waals surface area contributed by atoms with Crippen molar-refractivity contribution in [2.24, 2.45) is 5.11 Å². The molecule has 1 rings (SSSR count). The third-order valence-corrected chi connectivity index (χ3v) is 1.49. The minimum atomic E-state index is -10.7. The average Bonchev–Trinajstić information content (AvgIpc) is 1.98. The van der Waals surface area contributed by atoms with Gasteiger partial charge in [0.05, 0.1) is 0 Å². The van der Waals surface area contributed by atoms with E-state index >= 15 is 0 Å². The SMILES string of the molecule is Cc1ccc(N=[NH2+])c(C)c1.F[P-](F)(F)(F)(F)F. The van der Waals surface area contributed by atoms with Crippen LogP contribution in [0.4, 0.5) is 30.9 Å². The van der Waals surface area contributed by atoms with Gasteiger partial charge >= 0.3 is 33.0 Å². The molecule has 100 valence electrons. The summed E-state index contributed by atoms with van der Waals surface area (Å²) >= 11 is 0. The van der Waals surface area contributed by atoms with Crippen LogP contribution in [0.5, 0.6) is 0 Å². The van der Waals surface area contributed by atoms with Crippen molar-refractivity contribution in [2.45, 2.75) is 13.8 Å². The summed E-state index contributed by atoms with van der Waals surface area (Å²) in [4.78, 5) is 0. The van der Waals surface area contributed by atoms with E-state index in [9.17, 15) is 25.2 Å². The van der Waals surface area contributed by atoms with E-state index in [1.165, 1.54) is 5.56 Å². The van der Waals surface area contributed by atoms with E-state index in [1.807, 2.05) is 26.0 Å². The van der Waals surface area contributed by atoms with Gasteiger partial charge in [0.1, 0.15) is 5.69 Å². The average molecular weight is 280 g/mol. The van der Waals surface area contributed by atoms with E-state index < -0.39 is 7.81 Å². The van der Waals surface area contributed by atoms with Crippen LogP contribution < -0.4 is 5.53 Å². The van der Waals surface area contributed by atoms with Crippen LogP contribution in [0.2, 0.25) is 0 Å². The summed E-state index contributed by atoms with van der Waals surface area (Å²) in [5.74, 6) is 0. The van der Waals surface area contributed by atoms with Crippen LogP contribution in [-0.2, 0) is 0 Å². The molecule has 0 aliphatic rings. The van der Waals surface area contributed by atoms with Crippen molar-refractivity contribution in [1.29, 1.82) is 0 Å². The number of aryl methyl sites for hydroxylation is 2. The molecule has 1 aromatic carbocycles. The molecule has 9 heteroatoms. The molecule has 0 amide bonds. The Labute approximate surface area is 93.4 Å². The van der Waals surface area contributed by atoms with Gasteiger partial charge in [0, 0.05) is 0 Å². The molecule has 0 fully saturated rings. The molecule has 0 aliphatic carbocycles. The van der Waals surface area contributed by atoms with Crippen molar-refractivity contribution in [3.8, 4) is 0 Å². The van der Waals surface area contributed by atoms with E-state index in [0.29, 0.717) is 0 Å². The van der Waals surface area contributed by atoms with Gasteiger partial charge in [0.2, 0.25) is 0 Å². The molecule has 0 bridgehead atoms. The Hall–Kier alpha value is -1.17. The summed E-state index contributed by atoms with van der Waals surface area (Å²) in [6, 6.07) is 5.98. The van der Waals surface area contributed by atoms with Crippen molar-refractivity contribution < 1.29 is 30.7 Å². The first-order valence-electron chi connectivity index (χ1n) is 4.23. The molecule has 0 atom stereocenters. The van der Waals surface area contributed by atoms with E-state index in [0.717, 1.165) is 11.3 Å². The van der Waals surface area contributed by atoms with Gasteiger partial charge in [-0.2, -0.15) is 5.53 Å². The van der Waals surface area contributed by atoms with Crippen molar-refractivity contribution in [2.75, 3.05) is 0 Å². The van der Waals surface area contributed by atoms with Crippen molar-refractivity contribution in [1.82, 2.24) is 0 Å². The molecule has 2 nitrogen and oxygen atoms in total. The number of hydrogen-bond donors (Lipinski definition) is 1. The predicted molar refractivity (Wildman–Crippen MR) is 53.5 cm³/mol. The topological polar surface area (TPSA) is 38.0 Å². The Balaban J connectivity index is 0.000000325. The van der Waals surface area contributed by atoms with Gasteiger partial charge in [0.25, 0.3) is 0 Å². The van der Waals surface area contributed by atoms with E-state index in [-0.39, 0.29) is 0 Å². The second kappa shape index (κ2) is 3.94. The van der Waals surface area contributed by atoms with Gasteiger partial charge in [-0.15, -0.1) is 0 Å². The van der Waals surface area contributed by atoms with Gasteiger partial charge in [-0.3, -0.25) is 0 Å². The van der Waals surface area contributed by atoms with Crippen molar-refractivity contribution in [3.05, 3.63) is 29.3 Å². The first-order valence-corrected chi connectivity index (χ1v) is 6.26. The van der Waals surface area contributed by atoms with Gasteiger partial charge in [-0.25, -0.2) is 0 Å². The molecule has 17 heavy (non-hydrogen) atoms. The van der Waals surface area contributed by atoms with Crippen LogP contribution >= 0.6 is 7.81 Å². The second-order valence-corrected chi connectivity index (χ2v) is 5.29. The zero-order valence-corrected chi connectivity index (χ0v) is 9.87. The Morgan fingerprint density at radius 3 is 1.71 bits per heavy atom. The van der Waals surface area contributed by atoms with Crippen LogP contribution in [0.1, 0.15) is 11.1 Å². The molecule has 2 N–H and O–H groups in total. The third kappa shape index (κ3) is 12.8. The molecule has 0 spiro atoms. The summed E-state index contributed by atoms with van der Waals surface area (Å²) in [5.41, 5.74) is 8.36. The molecule has 0 saturated heterocycles. The summed E-state index contributed by atoms with van der Waals surface area (Å²) in [6.45, 7) is 4.05. The van der Waals surface area contributed by atoms with E-state index in [1.54, 1.807) is 0 Å². The van der Waals surface area contributed by atoms with Crippen molar-refractivity contribution >= 4 is 13.5 Å². The molecule has 0 radical (unpaired) electrons. The Morgan fingerprint density at radius 1 is 1.00 bits per heavy atom. The normalized spacial score (nSPS) is 15.1.